The lowest BCUT2D eigenvalue weighted by Crippen LogP contribution is -2.41. The number of benzene rings is 1. The minimum absolute atomic E-state index is 0.200. The summed E-state index contributed by atoms with van der Waals surface area (Å²) in [5.41, 5.74) is 1.28. The second kappa shape index (κ2) is 7.90. The van der Waals surface area contributed by atoms with Gasteiger partial charge < -0.3 is 9.64 Å². The third-order valence-corrected chi connectivity index (χ3v) is 5.45. The standard InChI is InChI=1S/C20H24N2O5/c1-21(11-13-7-9-14(10-8-13)20(26)27-2)17(23)12-22-18(24)15-5-3-4-6-16(15)19(22)25/h7-10,15-16H,3-6,11-12H2,1-2H3/t15-,16+. The number of imide groups is 1. The Labute approximate surface area is 158 Å². The van der Waals surface area contributed by atoms with Gasteiger partial charge in [-0.05, 0) is 30.5 Å². The minimum Gasteiger partial charge on any atom is -0.465 e. The Bertz CT molecular complexity index is 734. The molecule has 1 aromatic carbocycles. The normalized spacial score (nSPS) is 21.8. The van der Waals surface area contributed by atoms with Crippen LogP contribution in [-0.4, -0.2) is 54.2 Å². The van der Waals surface area contributed by atoms with Crippen LogP contribution in [0.15, 0.2) is 24.3 Å². The molecule has 3 amide bonds. The SMILES string of the molecule is COC(=O)c1ccc(CN(C)C(=O)CN2C(=O)[C@H]3CCCC[C@H]3C2=O)cc1. The predicted octanol–water partition coefficient (Wildman–Crippen LogP) is 1.61. The van der Waals surface area contributed by atoms with Gasteiger partial charge in [0.15, 0.2) is 0 Å². The Hall–Kier alpha value is -2.70. The summed E-state index contributed by atoms with van der Waals surface area (Å²) in [7, 11) is 2.95. The van der Waals surface area contributed by atoms with Crippen LogP contribution >= 0.6 is 0 Å². The number of hydrogen-bond donors (Lipinski definition) is 0. The fourth-order valence-electron chi connectivity index (χ4n) is 3.87. The Kier molecular flexibility index (Phi) is 5.58. The third kappa shape index (κ3) is 3.86. The number of methoxy groups -OCH3 is 1. The van der Waals surface area contributed by atoms with E-state index in [1.807, 2.05) is 0 Å². The van der Waals surface area contributed by atoms with Gasteiger partial charge in [-0.1, -0.05) is 25.0 Å². The van der Waals surface area contributed by atoms with E-state index < -0.39 is 5.97 Å². The molecule has 2 fully saturated rings. The summed E-state index contributed by atoms with van der Waals surface area (Å²) in [6.45, 7) is 0.116. The minimum atomic E-state index is -0.418. The largest absolute Gasteiger partial charge is 0.465 e. The van der Waals surface area contributed by atoms with Crippen molar-refractivity contribution in [1.29, 1.82) is 0 Å². The summed E-state index contributed by atoms with van der Waals surface area (Å²) in [5.74, 6) is -1.58. The highest BCUT2D eigenvalue weighted by atomic mass is 16.5. The predicted molar refractivity (Wildman–Crippen MR) is 96.4 cm³/mol. The maximum atomic E-state index is 12.5. The number of esters is 1. The van der Waals surface area contributed by atoms with Crippen molar-refractivity contribution in [2.75, 3.05) is 20.7 Å². The maximum Gasteiger partial charge on any atom is 0.337 e. The first kappa shape index (κ1) is 19.1. The topological polar surface area (TPSA) is 84.0 Å². The van der Waals surface area contributed by atoms with Crippen LogP contribution in [0.5, 0.6) is 0 Å². The summed E-state index contributed by atoms with van der Waals surface area (Å²) in [6, 6.07) is 6.77. The van der Waals surface area contributed by atoms with Crippen molar-refractivity contribution in [2.24, 2.45) is 11.8 Å². The van der Waals surface area contributed by atoms with Gasteiger partial charge in [-0.3, -0.25) is 19.3 Å². The second-order valence-corrected chi connectivity index (χ2v) is 7.20. The molecule has 144 valence electrons. The molecule has 0 N–H and O–H groups in total. The molecule has 0 aromatic heterocycles. The molecule has 2 aliphatic rings. The Balaban J connectivity index is 1.60. The van der Waals surface area contributed by atoms with Crippen LogP contribution in [0.3, 0.4) is 0 Å². The summed E-state index contributed by atoms with van der Waals surface area (Å²) >= 11 is 0. The van der Waals surface area contributed by atoms with Gasteiger partial charge in [0.1, 0.15) is 6.54 Å². The lowest BCUT2D eigenvalue weighted by Gasteiger charge is -2.21. The van der Waals surface area contributed by atoms with Crippen LogP contribution in [0, 0.1) is 11.8 Å². The first-order chi connectivity index (χ1) is 12.9. The number of likely N-dealkylation sites (N-methyl/N-ethyl adjacent to an activating group) is 1. The van der Waals surface area contributed by atoms with E-state index in [4.69, 9.17) is 0 Å². The van der Waals surface area contributed by atoms with E-state index in [0.29, 0.717) is 12.1 Å². The molecule has 2 atom stereocenters. The number of hydrogen-bond acceptors (Lipinski definition) is 5. The number of carbonyl (C=O) groups is 4. The van der Waals surface area contributed by atoms with Crippen molar-refractivity contribution in [3.8, 4) is 0 Å². The molecule has 1 heterocycles. The first-order valence-electron chi connectivity index (χ1n) is 9.19. The third-order valence-electron chi connectivity index (χ3n) is 5.45. The molecule has 0 spiro atoms. The molecule has 1 saturated heterocycles. The number of amides is 3. The molecule has 1 aliphatic carbocycles. The van der Waals surface area contributed by atoms with Crippen molar-refractivity contribution in [1.82, 2.24) is 9.80 Å². The molecule has 1 saturated carbocycles. The lowest BCUT2D eigenvalue weighted by molar-refractivity contribution is -0.146. The van der Waals surface area contributed by atoms with Gasteiger partial charge >= 0.3 is 5.97 Å². The van der Waals surface area contributed by atoms with Crippen LogP contribution in [0.4, 0.5) is 0 Å². The highest BCUT2D eigenvalue weighted by molar-refractivity contribution is 6.07. The van der Waals surface area contributed by atoms with Crippen LogP contribution in [0.25, 0.3) is 0 Å². The fourth-order valence-corrected chi connectivity index (χ4v) is 3.87. The van der Waals surface area contributed by atoms with Gasteiger partial charge in [-0.15, -0.1) is 0 Å². The van der Waals surface area contributed by atoms with E-state index in [-0.39, 0.29) is 36.1 Å². The zero-order valence-corrected chi connectivity index (χ0v) is 15.6. The average Bonchev–Trinajstić information content (AvgIpc) is 2.93. The van der Waals surface area contributed by atoms with Crippen LogP contribution in [0.2, 0.25) is 0 Å². The average molecular weight is 372 g/mol. The molecule has 1 aromatic rings. The van der Waals surface area contributed by atoms with E-state index in [1.165, 1.54) is 12.0 Å². The van der Waals surface area contributed by atoms with E-state index in [0.717, 1.165) is 36.1 Å². The number of carbonyl (C=O) groups excluding carboxylic acids is 4. The van der Waals surface area contributed by atoms with Gasteiger partial charge in [0.2, 0.25) is 17.7 Å². The lowest BCUT2D eigenvalue weighted by atomic mass is 9.81. The van der Waals surface area contributed by atoms with Crippen molar-refractivity contribution in [3.63, 3.8) is 0 Å². The zero-order chi connectivity index (χ0) is 19.6. The summed E-state index contributed by atoms with van der Waals surface area (Å²) < 4.78 is 4.66. The van der Waals surface area contributed by atoms with E-state index in [9.17, 15) is 19.2 Å². The molecule has 7 nitrogen and oxygen atoms in total. The van der Waals surface area contributed by atoms with Crippen molar-refractivity contribution >= 4 is 23.7 Å². The molecule has 7 heteroatoms. The maximum absolute atomic E-state index is 12.5. The number of likely N-dealkylation sites (tertiary alicyclic amines) is 1. The quantitative estimate of drug-likeness (QED) is 0.579. The number of ether oxygens (including phenoxy) is 1. The highest BCUT2D eigenvalue weighted by Gasteiger charge is 2.48. The van der Waals surface area contributed by atoms with Crippen LogP contribution in [-0.2, 0) is 25.7 Å². The molecular weight excluding hydrogens is 348 g/mol. The second-order valence-electron chi connectivity index (χ2n) is 7.20. The fraction of sp³-hybridized carbons (Fsp3) is 0.500. The molecular formula is C20H24N2O5. The van der Waals surface area contributed by atoms with Gasteiger partial charge in [0.25, 0.3) is 0 Å². The van der Waals surface area contributed by atoms with E-state index in [2.05, 4.69) is 4.74 Å². The smallest absolute Gasteiger partial charge is 0.337 e. The van der Waals surface area contributed by atoms with Crippen LogP contribution < -0.4 is 0 Å². The first-order valence-corrected chi connectivity index (χ1v) is 9.19. The summed E-state index contributed by atoms with van der Waals surface area (Å²) in [6.07, 6.45) is 3.40. The molecule has 1 aliphatic heterocycles. The summed E-state index contributed by atoms with van der Waals surface area (Å²) in [4.78, 5) is 51.6. The summed E-state index contributed by atoms with van der Waals surface area (Å²) in [5, 5.41) is 0. The number of nitrogens with zero attached hydrogens (tertiary/aromatic N) is 2. The van der Waals surface area contributed by atoms with Crippen molar-refractivity contribution < 1.29 is 23.9 Å². The molecule has 0 radical (unpaired) electrons. The number of rotatable bonds is 5. The Morgan fingerprint density at radius 2 is 1.63 bits per heavy atom. The molecule has 0 bridgehead atoms. The Morgan fingerprint density at radius 3 is 2.15 bits per heavy atom. The van der Waals surface area contributed by atoms with Gasteiger partial charge in [-0.2, -0.15) is 0 Å². The van der Waals surface area contributed by atoms with Gasteiger partial charge in [0.05, 0.1) is 24.5 Å². The van der Waals surface area contributed by atoms with Crippen molar-refractivity contribution in [3.05, 3.63) is 35.4 Å². The molecule has 3 rings (SSSR count). The zero-order valence-electron chi connectivity index (χ0n) is 15.6. The highest BCUT2D eigenvalue weighted by Crippen LogP contribution is 2.37. The van der Waals surface area contributed by atoms with Crippen molar-refractivity contribution in [2.45, 2.75) is 32.2 Å². The van der Waals surface area contributed by atoms with Gasteiger partial charge in [0, 0.05) is 13.6 Å². The van der Waals surface area contributed by atoms with Crippen LogP contribution in [0.1, 0.15) is 41.6 Å². The monoisotopic (exact) mass is 372 g/mol. The van der Waals surface area contributed by atoms with E-state index >= 15 is 0 Å². The van der Waals surface area contributed by atoms with Gasteiger partial charge in [-0.25, -0.2) is 4.79 Å². The number of fused-ring (bicyclic) bond motifs is 1. The Morgan fingerprint density at radius 1 is 1.07 bits per heavy atom. The van der Waals surface area contributed by atoms with E-state index in [1.54, 1.807) is 31.3 Å². The molecule has 27 heavy (non-hydrogen) atoms. The molecule has 0 unspecified atom stereocenters.